The van der Waals surface area contributed by atoms with Gasteiger partial charge in [-0.1, -0.05) is 43.5 Å². The number of hydrogen-bond donors (Lipinski definition) is 3. The van der Waals surface area contributed by atoms with Crippen molar-refractivity contribution < 1.29 is 4.79 Å². The van der Waals surface area contributed by atoms with E-state index in [4.69, 9.17) is 11.6 Å². The molecule has 1 aliphatic carbocycles. The van der Waals surface area contributed by atoms with Gasteiger partial charge in [0.05, 0.1) is 10.6 Å². The van der Waals surface area contributed by atoms with Crippen molar-refractivity contribution in [3.63, 3.8) is 0 Å². The molecule has 1 aromatic carbocycles. The highest BCUT2D eigenvalue weighted by Crippen LogP contribution is 2.40. The molecule has 2 rings (SSSR count). The van der Waals surface area contributed by atoms with E-state index in [0.717, 1.165) is 12.5 Å². The molecule has 5 nitrogen and oxygen atoms in total. The van der Waals surface area contributed by atoms with Gasteiger partial charge in [0.1, 0.15) is 0 Å². The summed E-state index contributed by atoms with van der Waals surface area (Å²) in [6.07, 6.45) is 6.44. The molecule has 0 aromatic heterocycles. The fourth-order valence-corrected chi connectivity index (χ4v) is 3.59. The number of amides is 1. The van der Waals surface area contributed by atoms with E-state index >= 15 is 0 Å². The van der Waals surface area contributed by atoms with Crippen LogP contribution in [0, 0.1) is 5.41 Å². The standard InChI is InChI=1S/C19H29ClN4O.HI/c1-3-19(10-6-7-11-19)14-24-18(21-2)23-13-12-22-17(25)15-8-4-5-9-16(15)20;/h4-5,8-9H,3,6-7,10-14H2,1-2H3,(H,22,25)(H2,21,23,24);1H. The van der Waals surface area contributed by atoms with Crippen LogP contribution in [0.1, 0.15) is 49.4 Å². The molecule has 1 aliphatic rings. The van der Waals surface area contributed by atoms with Gasteiger partial charge in [-0.15, -0.1) is 24.0 Å². The lowest BCUT2D eigenvalue weighted by Crippen LogP contribution is -2.45. The molecular formula is C19H30ClIN4O. The highest BCUT2D eigenvalue weighted by Gasteiger charge is 2.31. The first kappa shape index (κ1) is 23.0. The van der Waals surface area contributed by atoms with Gasteiger partial charge < -0.3 is 16.0 Å². The Morgan fingerprint density at radius 1 is 1.15 bits per heavy atom. The van der Waals surface area contributed by atoms with E-state index in [-0.39, 0.29) is 29.9 Å². The molecule has 146 valence electrons. The van der Waals surface area contributed by atoms with Gasteiger partial charge in [0, 0.05) is 26.7 Å². The smallest absolute Gasteiger partial charge is 0.252 e. The first-order valence-corrected chi connectivity index (χ1v) is 9.45. The molecule has 0 radical (unpaired) electrons. The van der Waals surface area contributed by atoms with Crippen LogP contribution in [-0.4, -0.2) is 38.5 Å². The van der Waals surface area contributed by atoms with Crippen molar-refractivity contribution in [2.75, 3.05) is 26.7 Å². The lowest BCUT2D eigenvalue weighted by Gasteiger charge is -2.28. The molecule has 1 saturated carbocycles. The highest BCUT2D eigenvalue weighted by atomic mass is 127. The number of carbonyl (C=O) groups is 1. The quantitative estimate of drug-likeness (QED) is 0.235. The van der Waals surface area contributed by atoms with Crippen LogP contribution in [0.15, 0.2) is 29.3 Å². The number of nitrogens with zero attached hydrogens (tertiary/aromatic N) is 1. The average molecular weight is 493 g/mol. The molecule has 26 heavy (non-hydrogen) atoms. The Hall–Kier alpha value is -1.02. The fraction of sp³-hybridized carbons (Fsp3) is 0.579. The van der Waals surface area contributed by atoms with E-state index in [1.54, 1.807) is 25.2 Å². The largest absolute Gasteiger partial charge is 0.356 e. The number of benzene rings is 1. The summed E-state index contributed by atoms with van der Waals surface area (Å²) in [6, 6.07) is 7.05. The summed E-state index contributed by atoms with van der Waals surface area (Å²) in [7, 11) is 1.77. The predicted octanol–water partition coefficient (Wildman–Crippen LogP) is 3.82. The normalized spacial score (nSPS) is 15.9. The number of rotatable bonds is 7. The Bertz CT molecular complexity index is 603. The van der Waals surface area contributed by atoms with Gasteiger partial charge in [0.2, 0.25) is 0 Å². The summed E-state index contributed by atoms with van der Waals surface area (Å²) in [5.41, 5.74) is 0.911. The van der Waals surface area contributed by atoms with Crippen molar-refractivity contribution in [2.24, 2.45) is 10.4 Å². The summed E-state index contributed by atoms with van der Waals surface area (Å²) in [6.45, 7) is 4.33. The molecule has 0 spiro atoms. The van der Waals surface area contributed by atoms with Crippen LogP contribution >= 0.6 is 35.6 Å². The maximum absolute atomic E-state index is 12.1. The SMILES string of the molecule is CCC1(CNC(=NC)NCCNC(=O)c2ccccc2Cl)CCCC1.I. The first-order valence-electron chi connectivity index (χ1n) is 9.07. The third-order valence-corrected chi connectivity index (χ3v) is 5.42. The number of hydrogen-bond acceptors (Lipinski definition) is 2. The van der Waals surface area contributed by atoms with Crippen LogP contribution in [0.25, 0.3) is 0 Å². The van der Waals surface area contributed by atoms with Gasteiger partial charge in [-0.2, -0.15) is 0 Å². The predicted molar refractivity (Wildman–Crippen MR) is 120 cm³/mol. The molecule has 0 atom stereocenters. The summed E-state index contributed by atoms with van der Waals surface area (Å²) in [5, 5.41) is 10.0. The lowest BCUT2D eigenvalue weighted by atomic mass is 9.83. The van der Waals surface area contributed by atoms with Gasteiger partial charge in [0.25, 0.3) is 5.91 Å². The van der Waals surface area contributed by atoms with Crippen molar-refractivity contribution in [1.82, 2.24) is 16.0 Å². The molecule has 1 aromatic rings. The van der Waals surface area contributed by atoms with E-state index in [1.807, 2.05) is 6.07 Å². The molecule has 0 bridgehead atoms. The van der Waals surface area contributed by atoms with E-state index in [0.29, 0.717) is 29.1 Å². The maximum Gasteiger partial charge on any atom is 0.252 e. The number of nitrogens with one attached hydrogen (secondary N) is 3. The van der Waals surface area contributed by atoms with Crippen LogP contribution in [0.4, 0.5) is 0 Å². The van der Waals surface area contributed by atoms with E-state index in [9.17, 15) is 4.79 Å². The summed E-state index contributed by atoms with van der Waals surface area (Å²) < 4.78 is 0. The monoisotopic (exact) mass is 492 g/mol. The molecule has 0 unspecified atom stereocenters. The van der Waals surface area contributed by atoms with Crippen LogP contribution in [0.5, 0.6) is 0 Å². The summed E-state index contributed by atoms with van der Waals surface area (Å²) in [5.74, 6) is 0.623. The summed E-state index contributed by atoms with van der Waals surface area (Å²) >= 11 is 6.03. The Labute approximate surface area is 178 Å². The first-order chi connectivity index (χ1) is 12.1. The van der Waals surface area contributed by atoms with Gasteiger partial charge in [-0.05, 0) is 36.8 Å². The zero-order valence-electron chi connectivity index (χ0n) is 15.6. The zero-order chi connectivity index (χ0) is 18.1. The zero-order valence-corrected chi connectivity index (χ0v) is 18.7. The number of aliphatic imine (C=N–C) groups is 1. The topological polar surface area (TPSA) is 65.5 Å². The highest BCUT2D eigenvalue weighted by molar-refractivity contribution is 14.0. The van der Waals surface area contributed by atoms with Crippen molar-refractivity contribution in [3.05, 3.63) is 34.9 Å². The summed E-state index contributed by atoms with van der Waals surface area (Å²) in [4.78, 5) is 16.4. The van der Waals surface area contributed by atoms with Crippen molar-refractivity contribution in [3.8, 4) is 0 Å². The van der Waals surface area contributed by atoms with Gasteiger partial charge >= 0.3 is 0 Å². The Morgan fingerprint density at radius 2 is 1.81 bits per heavy atom. The van der Waals surface area contributed by atoms with Crippen molar-refractivity contribution in [2.45, 2.75) is 39.0 Å². The molecule has 1 amide bonds. The average Bonchev–Trinajstić information content (AvgIpc) is 3.11. The molecule has 3 N–H and O–H groups in total. The second-order valence-electron chi connectivity index (χ2n) is 6.65. The van der Waals surface area contributed by atoms with E-state index in [2.05, 4.69) is 27.9 Å². The van der Waals surface area contributed by atoms with Gasteiger partial charge in [0.15, 0.2) is 5.96 Å². The molecular weight excluding hydrogens is 463 g/mol. The number of guanidine groups is 1. The van der Waals surface area contributed by atoms with Crippen LogP contribution in [0.2, 0.25) is 5.02 Å². The minimum Gasteiger partial charge on any atom is -0.356 e. The fourth-order valence-electron chi connectivity index (χ4n) is 3.37. The minimum atomic E-state index is -0.161. The van der Waals surface area contributed by atoms with E-state index < -0.39 is 0 Å². The second kappa shape index (κ2) is 11.6. The Balaban J connectivity index is 0.00000338. The lowest BCUT2D eigenvalue weighted by molar-refractivity contribution is 0.0954. The van der Waals surface area contributed by atoms with E-state index in [1.165, 1.54) is 32.1 Å². The molecule has 0 saturated heterocycles. The second-order valence-corrected chi connectivity index (χ2v) is 7.06. The van der Waals surface area contributed by atoms with Crippen LogP contribution in [0.3, 0.4) is 0 Å². The minimum absolute atomic E-state index is 0. The molecule has 0 aliphatic heterocycles. The number of carbonyl (C=O) groups excluding carboxylic acids is 1. The third-order valence-electron chi connectivity index (χ3n) is 5.09. The number of halogens is 2. The maximum atomic E-state index is 12.1. The Morgan fingerprint density at radius 3 is 2.42 bits per heavy atom. The Kier molecular flexibility index (Phi) is 10.3. The van der Waals surface area contributed by atoms with Crippen LogP contribution < -0.4 is 16.0 Å². The van der Waals surface area contributed by atoms with Crippen molar-refractivity contribution >= 4 is 47.4 Å². The third kappa shape index (κ3) is 6.61. The van der Waals surface area contributed by atoms with Gasteiger partial charge in [-0.25, -0.2) is 0 Å². The molecule has 1 fully saturated rings. The molecule has 7 heteroatoms. The van der Waals surface area contributed by atoms with Gasteiger partial charge in [-0.3, -0.25) is 9.79 Å². The molecule has 0 heterocycles. The van der Waals surface area contributed by atoms with Crippen LogP contribution in [-0.2, 0) is 0 Å². The van der Waals surface area contributed by atoms with Crippen molar-refractivity contribution in [1.29, 1.82) is 0 Å².